The highest BCUT2D eigenvalue weighted by Crippen LogP contribution is 2.34. The monoisotopic (exact) mass is 333 g/mol. The number of hydrogen-bond donors (Lipinski definition) is 0. The van der Waals surface area contributed by atoms with E-state index in [2.05, 4.69) is 0 Å². The van der Waals surface area contributed by atoms with Crippen LogP contribution in [0.4, 0.5) is 4.39 Å². The summed E-state index contributed by atoms with van der Waals surface area (Å²) in [6, 6.07) is 11.9. The number of benzene rings is 2. The maximum absolute atomic E-state index is 14.1. The molecule has 2 aromatic rings. The molecule has 0 saturated heterocycles. The summed E-state index contributed by atoms with van der Waals surface area (Å²) in [5.41, 5.74) is 2.77. The third kappa shape index (κ3) is 3.46. The molecule has 1 saturated carbocycles. The molecule has 0 spiro atoms. The van der Waals surface area contributed by atoms with Crippen molar-refractivity contribution < 1.29 is 12.8 Å². The summed E-state index contributed by atoms with van der Waals surface area (Å²) in [5.74, 6) is -0.690. The van der Waals surface area contributed by atoms with Crippen LogP contribution in [0.15, 0.2) is 47.4 Å². The molecule has 23 heavy (non-hydrogen) atoms. The first-order chi connectivity index (χ1) is 10.9. The van der Waals surface area contributed by atoms with Gasteiger partial charge in [-0.1, -0.05) is 35.9 Å². The van der Waals surface area contributed by atoms with Crippen molar-refractivity contribution in [3.05, 3.63) is 65.0 Å². The lowest BCUT2D eigenvalue weighted by Crippen LogP contribution is -2.33. The first-order valence-corrected chi connectivity index (χ1v) is 9.15. The van der Waals surface area contributed by atoms with E-state index in [1.807, 2.05) is 31.2 Å². The smallest absolute Gasteiger partial charge is 0.207 e. The Bertz CT molecular complexity index is 811. The molecule has 3 rings (SSSR count). The van der Waals surface area contributed by atoms with E-state index in [-0.39, 0.29) is 17.5 Å². The number of nitrogens with zero attached hydrogens (tertiary/aromatic N) is 1. The molecule has 0 bridgehead atoms. The van der Waals surface area contributed by atoms with Gasteiger partial charge in [-0.15, -0.1) is 0 Å². The van der Waals surface area contributed by atoms with Crippen LogP contribution in [-0.4, -0.2) is 18.8 Å². The van der Waals surface area contributed by atoms with Gasteiger partial charge >= 0.3 is 0 Å². The van der Waals surface area contributed by atoms with Gasteiger partial charge in [-0.2, -0.15) is 4.31 Å². The molecule has 1 aliphatic carbocycles. The predicted octanol–water partition coefficient (Wildman–Crippen LogP) is 3.80. The molecule has 0 amide bonds. The van der Waals surface area contributed by atoms with Crippen molar-refractivity contribution in [2.45, 2.75) is 44.2 Å². The van der Waals surface area contributed by atoms with Crippen LogP contribution < -0.4 is 0 Å². The zero-order valence-electron chi connectivity index (χ0n) is 13.3. The number of rotatable bonds is 5. The normalized spacial score (nSPS) is 15.1. The van der Waals surface area contributed by atoms with Gasteiger partial charge in [-0.3, -0.25) is 0 Å². The van der Waals surface area contributed by atoms with Crippen LogP contribution in [-0.2, 0) is 16.6 Å². The van der Waals surface area contributed by atoms with Crippen LogP contribution in [0.5, 0.6) is 0 Å². The van der Waals surface area contributed by atoms with Gasteiger partial charge in [0.1, 0.15) is 10.7 Å². The summed E-state index contributed by atoms with van der Waals surface area (Å²) in [7, 11) is -3.84. The lowest BCUT2D eigenvalue weighted by atomic mass is 10.1. The Morgan fingerprint density at radius 2 is 1.65 bits per heavy atom. The minimum Gasteiger partial charge on any atom is -0.207 e. The number of hydrogen-bond acceptors (Lipinski definition) is 2. The van der Waals surface area contributed by atoms with E-state index in [0.29, 0.717) is 0 Å². The van der Waals surface area contributed by atoms with Crippen molar-refractivity contribution in [1.29, 1.82) is 0 Å². The molecule has 0 heterocycles. The zero-order chi connectivity index (χ0) is 16.6. The molecule has 5 heteroatoms. The molecule has 0 N–H and O–H groups in total. The van der Waals surface area contributed by atoms with Crippen molar-refractivity contribution in [1.82, 2.24) is 4.31 Å². The Kier molecular flexibility index (Phi) is 4.25. The van der Waals surface area contributed by atoms with Crippen LogP contribution >= 0.6 is 0 Å². The molecule has 0 aromatic heterocycles. The number of halogens is 1. The van der Waals surface area contributed by atoms with Gasteiger partial charge in [-0.25, -0.2) is 12.8 Å². The lowest BCUT2D eigenvalue weighted by molar-refractivity contribution is 0.395. The first kappa shape index (κ1) is 16.1. The van der Waals surface area contributed by atoms with Crippen molar-refractivity contribution in [3.8, 4) is 0 Å². The molecule has 0 unspecified atom stereocenters. The number of aryl methyl sites for hydroxylation is 2. The Balaban J connectivity index is 1.96. The minimum absolute atomic E-state index is 0.0267. The zero-order valence-corrected chi connectivity index (χ0v) is 14.1. The third-order valence-corrected chi connectivity index (χ3v) is 6.00. The Labute approximate surface area is 136 Å². The summed E-state index contributed by atoms with van der Waals surface area (Å²) in [6.07, 6.45) is 1.66. The lowest BCUT2D eigenvalue weighted by Gasteiger charge is -2.22. The summed E-state index contributed by atoms with van der Waals surface area (Å²) in [5, 5.41) is 0. The molecule has 0 radical (unpaired) electrons. The van der Waals surface area contributed by atoms with E-state index in [4.69, 9.17) is 0 Å². The second-order valence-corrected chi connectivity index (χ2v) is 8.06. The van der Waals surface area contributed by atoms with Gasteiger partial charge in [0.15, 0.2) is 0 Å². The van der Waals surface area contributed by atoms with Gasteiger partial charge in [0.2, 0.25) is 10.0 Å². The van der Waals surface area contributed by atoms with Crippen molar-refractivity contribution in [2.75, 3.05) is 0 Å². The average molecular weight is 333 g/mol. The van der Waals surface area contributed by atoms with Crippen molar-refractivity contribution in [2.24, 2.45) is 0 Å². The van der Waals surface area contributed by atoms with Crippen LogP contribution in [0.1, 0.15) is 29.5 Å². The van der Waals surface area contributed by atoms with E-state index in [1.165, 1.54) is 16.4 Å². The van der Waals surface area contributed by atoms with Crippen LogP contribution in [0, 0.1) is 19.7 Å². The number of sulfonamides is 1. The second kappa shape index (κ2) is 6.06. The standard InChI is InChI=1S/C18H20FNO2S/c1-13-3-6-15(7-4-13)12-20(16-8-9-16)23(21,22)18-11-14(2)5-10-17(18)19/h3-7,10-11,16H,8-9,12H2,1-2H3. The Morgan fingerprint density at radius 3 is 2.26 bits per heavy atom. The first-order valence-electron chi connectivity index (χ1n) is 7.71. The maximum atomic E-state index is 14.1. The van der Waals surface area contributed by atoms with Gasteiger partial charge < -0.3 is 0 Å². The quantitative estimate of drug-likeness (QED) is 0.835. The fraction of sp³-hybridized carbons (Fsp3) is 0.333. The van der Waals surface area contributed by atoms with E-state index < -0.39 is 15.8 Å². The van der Waals surface area contributed by atoms with Crippen molar-refractivity contribution in [3.63, 3.8) is 0 Å². The summed E-state index contributed by atoms with van der Waals surface area (Å²) in [4.78, 5) is -0.225. The summed E-state index contributed by atoms with van der Waals surface area (Å²) < 4.78 is 41.4. The minimum atomic E-state index is -3.84. The van der Waals surface area contributed by atoms with Gasteiger partial charge in [0.05, 0.1) is 0 Å². The Hall–Kier alpha value is -1.72. The average Bonchev–Trinajstić information content (AvgIpc) is 3.33. The van der Waals surface area contributed by atoms with Crippen molar-refractivity contribution >= 4 is 10.0 Å². The van der Waals surface area contributed by atoms with E-state index in [0.717, 1.165) is 29.5 Å². The fourth-order valence-corrected chi connectivity index (χ4v) is 4.41. The highest BCUT2D eigenvalue weighted by Gasteiger charge is 2.39. The second-order valence-electron chi connectivity index (χ2n) is 6.20. The Morgan fingerprint density at radius 1 is 1.04 bits per heavy atom. The van der Waals surface area contributed by atoms with Crippen LogP contribution in [0.2, 0.25) is 0 Å². The van der Waals surface area contributed by atoms with E-state index >= 15 is 0 Å². The largest absolute Gasteiger partial charge is 0.246 e. The fourth-order valence-electron chi connectivity index (χ4n) is 2.58. The molecule has 2 aromatic carbocycles. The van der Waals surface area contributed by atoms with E-state index in [9.17, 15) is 12.8 Å². The maximum Gasteiger partial charge on any atom is 0.246 e. The molecule has 1 fully saturated rings. The molecule has 122 valence electrons. The highest BCUT2D eigenvalue weighted by molar-refractivity contribution is 7.89. The molecular weight excluding hydrogens is 313 g/mol. The molecule has 0 atom stereocenters. The van der Waals surface area contributed by atoms with Gasteiger partial charge in [0, 0.05) is 12.6 Å². The predicted molar refractivity (Wildman–Crippen MR) is 88.1 cm³/mol. The summed E-state index contributed by atoms with van der Waals surface area (Å²) in [6.45, 7) is 4.03. The van der Waals surface area contributed by atoms with Gasteiger partial charge in [0.25, 0.3) is 0 Å². The molecule has 3 nitrogen and oxygen atoms in total. The topological polar surface area (TPSA) is 37.4 Å². The highest BCUT2D eigenvalue weighted by atomic mass is 32.2. The molecule has 0 aliphatic heterocycles. The molecular formula is C18H20FNO2S. The third-order valence-electron chi connectivity index (χ3n) is 4.09. The van der Waals surface area contributed by atoms with Crippen LogP contribution in [0.25, 0.3) is 0 Å². The molecule has 1 aliphatic rings. The van der Waals surface area contributed by atoms with Crippen LogP contribution in [0.3, 0.4) is 0 Å². The summed E-state index contributed by atoms with van der Waals surface area (Å²) >= 11 is 0. The SMILES string of the molecule is Cc1ccc(CN(C2CC2)S(=O)(=O)c2cc(C)ccc2F)cc1. The van der Waals surface area contributed by atoms with Gasteiger partial charge in [-0.05, 0) is 49.9 Å². The van der Waals surface area contributed by atoms with E-state index in [1.54, 1.807) is 13.0 Å².